The number of benzene rings is 2. The molecule has 4 aromatic rings. The van der Waals surface area contributed by atoms with Gasteiger partial charge in [0.25, 0.3) is 0 Å². The Morgan fingerprint density at radius 3 is 2.54 bits per heavy atom. The number of halogens is 1. The molecule has 2 aromatic carbocycles. The lowest BCUT2D eigenvalue weighted by molar-refractivity contribution is -0.151. The van der Waals surface area contributed by atoms with Crippen molar-refractivity contribution in [1.82, 2.24) is 39.7 Å². The van der Waals surface area contributed by atoms with Crippen LogP contribution in [0.25, 0.3) is 33.3 Å². The van der Waals surface area contributed by atoms with Gasteiger partial charge in [0, 0.05) is 68.4 Å². The van der Waals surface area contributed by atoms with Crippen LogP contribution in [0.15, 0.2) is 67.4 Å². The lowest BCUT2D eigenvalue weighted by Crippen LogP contribution is -2.64. The number of carbonyl (C=O) groups excluding carboxylic acids is 5. The van der Waals surface area contributed by atoms with E-state index in [1.165, 1.54) is 28.1 Å². The number of carbonyl (C=O) groups is 5. The number of nitrogens with zero attached hydrogens (tertiary/aromatic N) is 6. The summed E-state index contributed by atoms with van der Waals surface area (Å²) in [6.45, 7) is 17.8. The number of hydrogen-bond acceptors (Lipinski definition) is 10. The van der Waals surface area contributed by atoms with Gasteiger partial charge in [-0.2, -0.15) is 0 Å². The summed E-state index contributed by atoms with van der Waals surface area (Å²) < 4.78 is 36.4. The van der Waals surface area contributed by atoms with Crippen LogP contribution >= 0.6 is 0 Å². The number of nitrogens with one attached hydrogen (secondary N) is 2. The average Bonchev–Trinajstić information content (AvgIpc) is 3.91. The van der Waals surface area contributed by atoms with E-state index in [9.17, 15) is 24.0 Å². The summed E-state index contributed by atoms with van der Waals surface area (Å²) in [6, 6.07) is 12.8. The maximum atomic E-state index is 16.1. The van der Waals surface area contributed by atoms with Crippen LogP contribution in [-0.2, 0) is 47.6 Å². The largest absolute Gasteiger partial charge is 0.464 e. The van der Waals surface area contributed by atoms with Gasteiger partial charge in [-0.05, 0) is 123 Å². The lowest BCUT2D eigenvalue weighted by atomic mass is 9.84. The number of pyridine rings is 1. The van der Waals surface area contributed by atoms with Crippen molar-refractivity contribution in [2.24, 2.45) is 11.3 Å². The molecular formula is C53H69FN8O8Si. The van der Waals surface area contributed by atoms with Crippen molar-refractivity contribution in [2.45, 2.75) is 110 Å². The zero-order valence-corrected chi connectivity index (χ0v) is 43.5. The van der Waals surface area contributed by atoms with E-state index in [1.54, 1.807) is 30.2 Å². The number of hydrogen-bond donors (Lipinski definition) is 2. The molecule has 71 heavy (non-hydrogen) atoms. The summed E-state index contributed by atoms with van der Waals surface area (Å²) in [5.74, 6) is -2.03. The zero-order chi connectivity index (χ0) is 50.9. The Morgan fingerprint density at radius 2 is 1.83 bits per heavy atom. The van der Waals surface area contributed by atoms with E-state index < -0.39 is 49.8 Å². The van der Waals surface area contributed by atoms with Gasteiger partial charge < -0.3 is 38.5 Å². The monoisotopic (exact) mass is 992 g/mol. The minimum Gasteiger partial charge on any atom is -0.464 e. The highest BCUT2D eigenvalue weighted by Gasteiger charge is 2.45. The van der Waals surface area contributed by atoms with Crippen molar-refractivity contribution < 1.29 is 42.6 Å². The lowest BCUT2D eigenvalue weighted by Gasteiger charge is -2.41. The van der Waals surface area contributed by atoms with Crippen LogP contribution in [0, 0.1) is 17.2 Å². The fourth-order valence-electron chi connectivity index (χ4n) is 10.9. The van der Waals surface area contributed by atoms with Crippen LogP contribution in [0.3, 0.4) is 0 Å². The third-order valence-electron chi connectivity index (χ3n) is 14.7. The highest BCUT2D eigenvalue weighted by Crippen LogP contribution is 2.42. The molecule has 0 aliphatic carbocycles. The van der Waals surface area contributed by atoms with Gasteiger partial charge in [0.2, 0.25) is 26.3 Å². The van der Waals surface area contributed by atoms with Crippen LogP contribution in [-0.4, -0.2) is 139 Å². The van der Waals surface area contributed by atoms with Crippen molar-refractivity contribution in [3.8, 4) is 22.4 Å². The highest BCUT2D eigenvalue weighted by molar-refractivity contribution is 6.88. The van der Waals surface area contributed by atoms with Gasteiger partial charge in [-0.1, -0.05) is 46.4 Å². The molecule has 3 saturated heterocycles. The summed E-state index contributed by atoms with van der Waals surface area (Å²) in [4.78, 5) is 82.7. The molecule has 2 N–H and O–H groups in total. The second-order valence-electron chi connectivity index (χ2n) is 20.8. The summed E-state index contributed by atoms with van der Waals surface area (Å²) >= 11 is 0. The molecule has 0 radical (unpaired) electrons. The maximum Gasteiger partial charge on any atom is 0.324 e. The van der Waals surface area contributed by atoms with Gasteiger partial charge in [-0.25, -0.2) is 14.6 Å². The normalized spacial score (nSPS) is 21.2. The summed E-state index contributed by atoms with van der Waals surface area (Å²) in [6.07, 6.45) is 5.23. The van der Waals surface area contributed by atoms with Crippen LogP contribution < -0.4 is 10.4 Å². The van der Waals surface area contributed by atoms with Crippen molar-refractivity contribution in [3.63, 3.8) is 0 Å². The zero-order valence-electron chi connectivity index (χ0n) is 42.4. The molecule has 16 nitrogen and oxygen atoms in total. The molecule has 0 saturated carbocycles. The minimum absolute atomic E-state index is 0.0458. The molecule has 4 atom stereocenters. The molecule has 1 spiro atoms. The number of amides is 5. The fraction of sp³-hybridized carbons (Fsp3) is 0.509. The van der Waals surface area contributed by atoms with Crippen LogP contribution in [0.5, 0.6) is 0 Å². The van der Waals surface area contributed by atoms with E-state index in [2.05, 4.69) is 60.5 Å². The number of esters is 1. The molecule has 4 aliphatic heterocycles. The van der Waals surface area contributed by atoms with Crippen molar-refractivity contribution in [2.75, 3.05) is 53.7 Å². The van der Waals surface area contributed by atoms with Crippen molar-refractivity contribution in [1.29, 1.82) is 0 Å². The molecule has 3 fully saturated rings. The van der Waals surface area contributed by atoms with E-state index >= 15 is 4.39 Å². The summed E-state index contributed by atoms with van der Waals surface area (Å²) in [5.41, 5.74) is 8.27. The Morgan fingerprint density at radius 1 is 1.07 bits per heavy atom. The molecule has 5 amide bonds. The minimum atomic E-state index is -3.17. The van der Waals surface area contributed by atoms with Crippen LogP contribution in [0.4, 0.5) is 14.0 Å². The number of methoxy groups -OCH3 is 1. The number of piperidine rings is 1. The molecule has 6 heterocycles. The predicted molar refractivity (Wildman–Crippen MR) is 271 cm³/mol. The van der Waals surface area contributed by atoms with Gasteiger partial charge >= 0.3 is 12.0 Å². The van der Waals surface area contributed by atoms with E-state index in [0.29, 0.717) is 69.4 Å². The molecule has 0 unspecified atom stereocenters. The smallest absolute Gasteiger partial charge is 0.324 e. The first-order valence-electron chi connectivity index (χ1n) is 24.9. The first-order valence-corrected chi connectivity index (χ1v) is 26.9. The Balaban J connectivity index is 1.14. The Kier molecular flexibility index (Phi) is 15.2. The first-order chi connectivity index (χ1) is 33.9. The number of likely N-dealkylation sites (N-methyl/N-ethyl adjacent to an activating group) is 1. The van der Waals surface area contributed by atoms with E-state index in [1.807, 2.05) is 39.0 Å². The fourth-order valence-corrected chi connectivity index (χ4v) is 13.1. The number of hydrazine groups is 1. The van der Waals surface area contributed by atoms with E-state index in [4.69, 9.17) is 19.2 Å². The standard InChI is InChI=1S/C53H69FN8O8Si/c1-10-44(63)60-30-53(70-32-60)18-22-59(23-19-53)50(66)58(8)46(33(3)4)48(64)57-71-29-35-24-37(26-38(54)25-35)36-16-17-43-40(27-36)41(47(61(43)11-2)39-14-12-20-55-45(39)34(5)68-9)28-52(6,7)31-69-49(65)42-15-13-21-62(56-42)51(71)67/h10,12,14,16-17,20,24-27,33-34,42,46,56,71H,1,11,13,15,18-19,21-23,28-32H2,2-9H3,(H,57,64)/t34-,42-,46-,71-/m0/s1. The molecular weight excluding hydrogens is 924 g/mol. The van der Waals surface area contributed by atoms with Crippen LogP contribution in [0.2, 0.25) is 0 Å². The second-order valence-corrected chi connectivity index (χ2v) is 23.1. The number of likely N-dealkylation sites (tertiary alicyclic amines) is 1. The number of fused-ring (bicyclic) bond motifs is 6. The topological polar surface area (TPSA) is 168 Å². The molecule has 8 rings (SSSR count). The SMILES string of the molecule is C=CC(=O)N1COC2(CCN(C(=O)N(C)[C@H](C(=O)N[Si@H]3Cc4cc(F)cc(c4)-c4ccc5c(c4)c(c(-c4cccnc4[C@H](C)OC)n5CC)CC(C)(C)COC(=O)[C@@H]4CCCN(N4)C3=O)C(C)C)CC2)C1. The van der Waals surface area contributed by atoms with Crippen molar-refractivity contribution >= 4 is 49.2 Å². The Labute approximate surface area is 417 Å². The third kappa shape index (κ3) is 10.7. The van der Waals surface area contributed by atoms with Gasteiger partial charge in [-0.3, -0.25) is 29.2 Å². The van der Waals surface area contributed by atoms with Gasteiger partial charge in [-0.15, -0.1) is 0 Å². The molecule has 6 bridgehead atoms. The third-order valence-corrected chi connectivity index (χ3v) is 17.1. The number of aromatic nitrogens is 2. The maximum absolute atomic E-state index is 16.1. The van der Waals surface area contributed by atoms with Crippen LogP contribution in [0.1, 0.15) is 90.2 Å². The predicted octanol–water partition coefficient (Wildman–Crippen LogP) is 6.87. The first kappa shape index (κ1) is 51.4. The Bertz CT molecular complexity index is 2700. The number of rotatable bonds is 9. The number of ether oxygens (including phenoxy) is 3. The van der Waals surface area contributed by atoms with Gasteiger partial charge in [0.1, 0.15) is 24.6 Å². The van der Waals surface area contributed by atoms with E-state index in [0.717, 1.165) is 39.0 Å². The van der Waals surface area contributed by atoms with Gasteiger partial charge in [0.05, 0.1) is 36.2 Å². The Hall–Kier alpha value is -5.95. The number of aryl methyl sites for hydroxylation is 1. The summed E-state index contributed by atoms with van der Waals surface area (Å²) in [5, 5.41) is 2.39. The molecule has 380 valence electrons. The molecule has 18 heteroatoms. The van der Waals surface area contributed by atoms with Crippen molar-refractivity contribution in [3.05, 3.63) is 90.0 Å². The number of urea groups is 1. The average molecular weight is 993 g/mol. The van der Waals surface area contributed by atoms with E-state index in [-0.39, 0.29) is 55.4 Å². The number of cyclic esters (lactones) is 1. The molecule has 2 aromatic heterocycles. The summed E-state index contributed by atoms with van der Waals surface area (Å²) in [7, 11) is 0.0855. The van der Waals surface area contributed by atoms with Gasteiger partial charge in [0.15, 0.2) is 0 Å². The quantitative estimate of drug-likeness (QED) is 0.103. The second kappa shape index (κ2) is 21.0. The highest BCUT2D eigenvalue weighted by atomic mass is 28.3. The molecule has 4 aliphatic rings.